The van der Waals surface area contributed by atoms with Crippen molar-refractivity contribution in [1.29, 1.82) is 0 Å². The molecule has 0 saturated carbocycles. The van der Waals surface area contributed by atoms with Gasteiger partial charge in [0.25, 0.3) is 0 Å². The van der Waals surface area contributed by atoms with Crippen molar-refractivity contribution in [3.63, 3.8) is 0 Å². The van der Waals surface area contributed by atoms with Crippen molar-refractivity contribution >= 4 is 5.91 Å². The first kappa shape index (κ1) is 19.7. The molecule has 1 aromatic carbocycles. The summed E-state index contributed by atoms with van der Waals surface area (Å²) in [6.07, 6.45) is 0.615. The average molecular weight is 385 g/mol. The van der Waals surface area contributed by atoms with Crippen molar-refractivity contribution in [2.45, 2.75) is 40.2 Å². The Morgan fingerprint density at radius 2 is 2.04 bits per heavy atom. The normalized spacial score (nSPS) is 12.1. The molecule has 3 aromatic rings. The van der Waals surface area contributed by atoms with Gasteiger partial charge in [-0.2, -0.15) is 10.1 Å². The summed E-state index contributed by atoms with van der Waals surface area (Å²) in [5.41, 5.74) is 2.77. The minimum absolute atomic E-state index is 0.0678. The van der Waals surface area contributed by atoms with Crippen LogP contribution in [0.25, 0.3) is 11.4 Å². The van der Waals surface area contributed by atoms with Crippen LogP contribution in [0.5, 0.6) is 0 Å². The molecule has 0 aliphatic heterocycles. The molecule has 1 amide bonds. The first-order valence-electron chi connectivity index (χ1n) is 9.27. The second kappa shape index (κ2) is 8.77. The molecular weight excluding hydrogens is 361 g/mol. The smallest absolute Gasteiger partial charge is 0.227 e. The molecule has 148 valence electrons. The molecule has 2 aromatic heterocycles. The van der Waals surface area contributed by atoms with E-state index < -0.39 is 0 Å². The van der Waals surface area contributed by atoms with Gasteiger partial charge in [0.2, 0.25) is 17.6 Å². The van der Waals surface area contributed by atoms with Crippen LogP contribution in [0, 0.1) is 25.6 Å². The van der Waals surface area contributed by atoms with Crippen molar-refractivity contribution in [3.05, 3.63) is 53.4 Å². The van der Waals surface area contributed by atoms with E-state index in [-0.39, 0.29) is 24.1 Å². The third-order valence-corrected chi connectivity index (χ3v) is 4.37. The lowest BCUT2D eigenvalue weighted by Crippen LogP contribution is -2.30. The van der Waals surface area contributed by atoms with Gasteiger partial charge in [0, 0.05) is 37.2 Å². The SMILES string of the molecule is Cc1cc(C)n(CC(C)CNC(=O)CCc2nc(-c3ccc(F)cc3)no2)n1. The van der Waals surface area contributed by atoms with Crippen LogP contribution in [0.2, 0.25) is 0 Å². The van der Waals surface area contributed by atoms with E-state index in [0.29, 0.717) is 30.2 Å². The third kappa shape index (κ3) is 5.25. The quantitative estimate of drug-likeness (QED) is 0.644. The van der Waals surface area contributed by atoms with Crippen molar-refractivity contribution in [2.24, 2.45) is 5.92 Å². The first-order valence-corrected chi connectivity index (χ1v) is 9.27. The summed E-state index contributed by atoms with van der Waals surface area (Å²) in [5.74, 6) is 0.632. The van der Waals surface area contributed by atoms with Gasteiger partial charge in [0.1, 0.15) is 5.82 Å². The Hall–Kier alpha value is -3.03. The molecule has 0 bridgehead atoms. The fraction of sp³-hybridized carbons (Fsp3) is 0.400. The summed E-state index contributed by atoms with van der Waals surface area (Å²) in [4.78, 5) is 16.3. The van der Waals surface area contributed by atoms with Crippen LogP contribution in [0.1, 0.15) is 30.6 Å². The van der Waals surface area contributed by atoms with Gasteiger partial charge in [-0.1, -0.05) is 12.1 Å². The minimum atomic E-state index is -0.323. The number of hydrogen-bond donors (Lipinski definition) is 1. The maximum atomic E-state index is 13.0. The fourth-order valence-corrected chi connectivity index (χ4v) is 2.89. The van der Waals surface area contributed by atoms with E-state index in [1.165, 1.54) is 12.1 Å². The Labute approximate surface area is 162 Å². The Morgan fingerprint density at radius 3 is 2.71 bits per heavy atom. The first-order chi connectivity index (χ1) is 13.4. The van der Waals surface area contributed by atoms with E-state index >= 15 is 0 Å². The lowest BCUT2D eigenvalue weighted by atomic mass is 10.1. The van der Waals surface area contributed by atoms with Gasteiger partial charge in [-0.3, -0.25) is 9.48 Å². The van der Waals surface area contributed by atoms with E-state index in [9.17, 15) is 9.18 Å². The van der Waals surface area contributed by atoms with E-state index in [4.69, 9.17) is 4.52 Å². The Morgan fingerprint density at radius 1 is 1.29 bits per heavy atom. The summed E-state index contributed by atoms with van der Waals surface area (Å²) in [7, 11) is 0. The highest BCUT2D eigenvalue weighted by Crippen LogP contribution is 2.16. The predicted octanol–water partition coefficient (Wildman–Crippen LogP) is 3.07. The zero-order chi connectivity index (χ0) is 20.1. The van der Waals surface area contributed by atoms with Gasteiger partial charge in [0.05, 0.1) is 5.69 Å². The van der Waals surface area contributed by atoms with Crippen LogP contribution in [-0.4, -0.2) is 32.4 Å². The maximum Gasteiger partial charge on any atom is 0.227 e. The van der Waals surface area contributed by atoms with Gasteiger partial charge < -0.3 is 9.84 Å². The van der Waals surface area contributed by atoms with Crippen molar-refractivity contribution < 1.29 is 13.7 Å². The standard InChI is InChI=1S/C20H24FN5O2/c1-13(12-26-15(3)10-14(2)24-26)11-22-18(27)8-9-19-23-20(25-28-19)16-4-6-17(21)7-5-16/h4-7,10,13H,8-9,11-12H2,1-3H3,(H,22,27). The molecule has 1 unspecified atom stereocenters. The third-order valence-electron chi connectivity index (χ3n) is 4.37. The van der Waals surface area contributed by atoms with Gasteiger partial charge in [-0.05, 0) is 50.1 Å². The summed E-state index contributed by atoms with van der Waals surface area (Å²) in [6.45, 7) is 7.39. The van der Waals surface area contributed by atoms with Gasteiger partial charge >= 0.3 is 0 Å². The summed E-state index contributed by atoms with van der Waals surface area (Å²) in [6, 6.07) is 7.88. The molecule has 28 heavy (non-hydrogen) atoms. The summed E-state index contributed by atoms with van der Waals surface area (Å²) < 4.78 is 20.1. The number of amides is 1. The molecule has 0 spiro atoms. The van der Waals surface area contributed by atoms with E-state index in [0.717, 1.165) is 17.9 Å². The molecule has 0 aliphatic carbocycles. The number of rotatable bonds is 8. The largest absolute Gasteiger partial charge is 0.356 e. The van der Waals surface area contributed by atoms with Crippen molar-refractivity contribution in [2.75, 3.05) is 6.54 Å². The second-order valence-electron chi connectivity index (χ2n) is 7.04. The van der Waals surface area contributed by atoms with E-state index in [2.05, 4.69) is 27.5 Å². The molecule has 7 nitrogen and oxygen atoms in total. The molecule has 3 rings (SSSR count). The molecule has 1 atom stereocenters. The summed E-state index contributed by atoms with van der Waals surface area (Å²) >= 11 is 0. The monoisotopic (exact) mass is 385 g/mol. The van der Waals surface area contributed by atoms with Gasteiger partial charge in [0.15, 0.2) is 0 Å². The Kier molecular flexibility index (Phi) is 6.18. The van der Waals surface area contributed by atoms with Gasteiger partial charge in [-0.15, -0.1) is 0 Å². The highest BCUT2D eigenvalue weighted by molar-refractivity contribution is 5.76. The topological polar surface area (TPSA) is 85.8 Å². The Bertz CT molecular complexity index is 932. The molecule has 0 radical (unpaired) electrons. The summed E-state index contributed by atoms with van der Waals surface area (Å²) in [5, 5.41) is 11.2. The van der Waals surface area contributed by atoms with Crippen LogP contribution in [0.3, 0.4) is 0 Å². The van der Waals surface area contributed by atoms with Crippen LogP contribution in [-0.2, 0) is 17.8 Å². The van der Waals surface area contributed by atoms with E-state index in [1.807, 2.05) is 24.6 Å². The number of aromatic nitrogens is 4. The van der Waals surface area contributed by atoms with Crippen LogP contribution < -0.4 is 5.32 Å². The number of aryl methyl sites for hydroxylation is 3. The van der Waals surface area contributed by atoms with E-state index in [1.54, 1.807) is 12.1 Å². The number of benzene rings is 1. The zero-order valence-corrected chi connectivity index (χ0v) is 16.3. The highest BCUT2D eigenvalue weighted by Gasteiger charge is 2.12. The molecule has 0 fully saturated rings. The number of halogens is 1. The number of carbonyl (C=O) groups is 1. The predicted molar refractivity (Wildman–Crippen MR) is 102 cm³/mol. The average Bonchev–Trinajstić information content (AvgIpc) is 3.25. The molecular formula is C20H24FN5O2. The van der Waals surface area contributed by atoms with Crippen LogP contribution in [0.15, 0.2) is 34.9 Å². The van der Waals surface area contributed by atoms with Crippen LogP contribution >= 0.6 is 0 Å². The maximum absolute atomic E-state index is 13.0. The number of carbonyl (C=O) groups excluding carboxylic acids is 1. The zero-order valence-electron chi connectivity index (χ0n) is 16.3. The fourth-order valence-electron chi connectivity index (χ4n) is 2.89. The molecule has 8 heteroatoms. The molecule has 0 aliphatic rings. The highest BCUT2D eigenvalue weighted by atomic mass is 19.1. The van der Waals surface area contributed by atoms with Gasteiger partial charge in [-0.25, -0.2) is 4.39 Å². The number of nitrogens with zero attached hydrogens (tertiary/aromatic N) is 4. The lowest BCUT2D eigenvalue weighted by Gasteiger charge is -2.13. The minimum Gasteiger partial charge on any atom is -0.356 e. The number of hydrogen-bond acceptors (Lipinski definition) is 5. The molecule has 2 heterocycles. The van der Waals surface area contributed by atoms with Crippen molar-refractivity contribution in [1.82, 2.24) is 25.2 Å². The molecule has 1 N–H and O–H groups in total. The Balaban J connectivity index is 1.43. The van der Waals surface area contributed by atoms with Crippen molar-refractivity contribution in [3.8, 4) is 11.4 Å². The lowest BCUT2D eigenvalue weighted by molar-refractivity contribution is -0.121. The second-order valence-corrected chi connectivity index (χ2v) is 7.04. The molecule has 0 saturated heterocycles. The van der Waals surface area contributed by atoms with Crippen LogP contribution in [0.4, 0.5) is 4.39 Å². The number of nitrogens with one attached hydrogen (secondary N) is 1.